The standard InChI is InChI=1S/C18H26N4O2/c1-13-8-19-22(9-13)16-3-2-6-20(12-16)18(24)15-7-17(23)21(11-15)10-14-4-5-14/h8-9,14-16H,2-7,10-12H2,1H3/t15-,16+/m1/s1. The Kier molecular flexibility index (Phi) is 4.06. The van der Waals surface area contributed by atoms with Gasteiger partial charge < -0.3 is 9.80 Å². The van der Waals surface area contributed by atoms with Crippen molar-refractivity contribution >= 4 is 11.8 Å². The van der Waals surface area contributed by atoms with Crippen LogP contribution in [0.3, 0.4) is 0 Å². The van der Waals surface area contributed by atoms with Crippen LogP contribution in [-0.2, 0) is 9.59 Å². The first-order chi connectivity index (χ1) is 11.6. The number of rotatable bonds is 4. The zero-order valence-corrected chi connectivity index (χ0v) is 14.4. The summed E-state index contributed by atoms with van der Waals surface area (Å²) in [5.74, 6) is 0.867. The lowest BCUT2D eigenvalue weighted by Crippen LogP contribution is -2.44. The average Bonchev–Trinajstić information content (AvgIpc) is 3.18. The van der Waals surface area contributed by atoms with Crippen LogP contribution in [0.1, 0.15) is 43.7 Å². The van der Waals surface area contributed by atoms with Gasteiger partial charge in [0.2, 0.25) is 11.8 Å². The van der Waals surface area contributed by atoms with Gasteiger partial charge in [-0.3, -0.25) is 14.3 Å². The number of piperidine rings is 1. The second kappa shape index (κ2) is 6.22. The summed E-state index contributed by atoms with van der Waals surface area (Å²) >= 11 is 0. The van der Waals surface area contributed by atoms with Gasteiger partial charge in [0.1, 0.15) is 0 Å². The molecule has 1 aromatic rings. The quantitative estimate of drug-likeness (QED) is 0.843. The van der Waals surface area contributed by atoms with Crippen molar-refractivity contribution in [1.29, 1.82) is 0 Å². The summed E-state index contributed by atoms with van der Waals surface area (Å²) < 4.78 is 1.99. The molecule has 24 heavy (non-hydrogen) atoms. The highest BCUT2D eigenvalue weighted by atomic mass is 16.2. The minimum atomic E-state index is -0.144. The van der Waals surface area contributed by atoms with Crippen molar-refractivity contribution in [2.24, 2.45) is 11.8 Å². The third-order valence-corrected chi connectivity index (χ3v) is 5.55. The van der Waals surface area contributed by atoms with E-state index in [1.54, 1.807) is 0 Å². The molecule has 2 aliphatic heterocycles. The lowest BCUT2D eigenvalue weighted by Gasteiger charge is -2.34. The lowest BCUT2D eigenvalue weighted by molar-refractivity contribution is -0.137. The molecule has 2 atom stereocenters. The van der Waals surface area contributed by atoms with Crippen LogP contribution in [0.15, 0.2) is 12.4 Å². The Hall–Kier alpha value is -1.85. The molecule has 6 nitrogen and oxygen atoms in total. The normalized spacial score (nSPS) is 27.8. The van der Waals surface area contributed by atoms with Gasteiger partial charge in [-0.25, -0.2) is 0 Å². The second-order valence-electron chi connectivity index (χ2n) is 7.72. The SMILES string of the molecule is Cc1cnn([C@H]2CCCN(C(=O)[C@@H]3CC(=O)N(CC4CC4)C3)C2)c1. The van der Waals surface area contributed by atoms with E-state index in [2.05, 4.69) is 11.3 Å². The van der Waals surface area contributed by atoms with E-state index in [4.69, 9.17) is 0 Å². The number of hydrogen-bond donors (Lipinski definition) is 0. The molecule has 0 bridgehead atoms. The smallest absolute Gasteiger partial charge is 0.228 e. The van der Waals surface area contributed by atoms with Gasteiger partial charge in [-0.2, -0.15) is 5.10 Å². The number of likely N-dealkylation sites (tertiary alicyclic amines) is 2. The lowest BCUT2D eigenvalue weighted by atomic mass is 10.0. The van der Waals surface area contributed by atoms with Gasteiger partial charge in [-0.1, -0.05) is 0 Å². The first-order valence-electron chi connectivity index (χ1n) is 9.17. The molecule has 3 aliphatic rings. The molecule has 6 heteroatoms. The number of aromatic nitrogens is 2. The van der Waals surface area contributed by atoms with E-state index in [0.29, 0.717) is 25.4 Å². The highest BCUT2D eigenvalue weighted by Gasteiger charge is 2.39. The fraction of sp³-hybridized carbons (Fsp3) is 0.722. The Labute approximate surface area is 142 Å². The fourth-order valence-electron chi connectivity index (χ4n) is 3.99. The number of carbonyl (C=O) groups is 2. The van der Waals surface area contributed by atoms with E-state index in [-0.39, 0.29) is 23.8 Å². The zero-order valence-electron chi connectivity index (χ0n) is 14.4. The molecule has 0 N–H and O–H groups in total. The molecule has 1 aliphatic carbocycles. The molecular weight excluding hydrogens is 304 g/mol. The van der Waals surface area contributed by atoms with Gasteiger partial charge in [0.25, 0.3) is 0 Å². The minimum absolute atomic E-state index is 0.144. The second-order valence-corrected chi connectivity index (χ2v) is 7.72. The van der Waals surface area contributed by atoms with Crippen molar-refractivity contribution in [1.82, 2.24) is 19.6 Å². The predicted molar refractivity (Wildman–Crippen MR) is 89.2 cm³/mol. The summed E-state index contributed by atoms with van der Waals surface area (Å²) in [6, 6.07) is 0.260. The highest BCUT2D eigenvalue weighted by Crippen LogP contribution is 2.32. The Balaban J connectivity index is 1.38. The van der Waals surface area contributed by atoms with Crippen molar-refractivity contribution in [2.75, 3.05) is 26.2 Å². The van der Waals surface area contributed by atoms with Crippen LogP contribution >= 0.6 is 0 Å². The van der Waals surface area contributed by atoms with Crippen molar-refractivity contribution < 1.29 is 9.59 Å². The van der Waals surface area contributed by atoms with E-state index in [1.165, 1.54) is 12.8 Å². The van der Waals surface area contributed by atoms with Crippen LogP contribution in [0, 0.1) is 18.8 Å². The third kappa shape index (κ3) is 3.19. The summed E-state index contributed by atoms with van der Waals surface area (Å²) in [7, 11) is 0. The maximum Gasteiger partial charge on any atom is 0.228 e. The minimum Gasteiger partial charge on any atom is -0.342 e. The van der Waals surface area contributed by atoms with Crippen molar-refractivity contribution in [2.45, 2.75) is 45.1 Å². The zero-order chi connectivity index (χ0) is 16.7. The summed E-state index contributed by atoms with van der Waals surface area (Å²) in [5, 5.41) is 4.41. The van der Waals surface area contributed by atoms with Crippen LogP contribution in [0.4, 0.5) is 0 Å². The number of nitrogens with zero attached hydrogens (tertiary/aromatic N) is 4. The number of carbonyl (C=O) groups excluding carboxylic acids is 2. The Bertz CT molecular complexity index is 637. The highest BCUT2D eigenvalue weighted by molar-refractivity contribution is 5.89. The summed E-state index contributed by atoms with van der Waals surface area (Å²) in [5.41, 5.74) is 1.15. The van der Waals surface area contributed by atoms with Gasteiger partial charge in [-0.15, -0.1) is 0 Å². The summed E-state index contributed by atoms with van der Waals surface area (Å²) in [6.07, 6.45) is 8.85. The van der Waals surface area contributed by atoms with Gasteiger partial charge in [0.15, 0.2) is 0 Å². The van der Waals surface area contributed by atoms with E-state index in [9.17, 15) is 9.59 Å². The molecule has 3 fully saturated rings. The van der Waals surface area contributed by atoms with Gasteiger partial charge in [0.05, 0.1) is 18.2 Å². The molecule has 0 spiro atoms. The van der Waals surface area contributed by atoms with Crippen LogP contribution in [0.5, 0.6) is 0 Å². The molecule has 1 aromatic heterocycles. The topological polar surface area (TPSA) is 58.4 Å². The summed E-state index contributed by atoms with van der Waals surface area (Å²) in [4.78, 5) is 28.9. The molecule has 3 heterocycles. The molecule has 4 rings (SSSR count). The maximum atomic E-state index is 12.9. The first kappa shape index (κ1) is 15.7. The molecule has 0 unspecified atom stereocenters. The summed E-state index contributed by atoms with van der Waals surface area (Å²) in [6.45, 7) is 5.04. The molecule has 2 saturated heterocycles. The fourth-order valence-corrected chi connectivity index (χ4v) is 3.99. The van der Waals surface area contributed by atoms with Crippen LogP contribution in [-0.4, -0.2) is 57.6 Å². The van der Waals surface area contributed by atoms with Crippen molar-refractivity contribution in [3.05, 3.63) is 18.0 Å². The van der Waals surface area contributed by atoms with E-state index in [0.717, 1.165) is 31.5 Å². The molecule has 130 valence electrons. The van der Waals surface area contributed by atoms with E-state index in [1.807, 2.05) is 27.6 Å². The Morgan fingerprint density at radius 3 is 2.83 bits per heavy atom. The van der Waals surface area contributed by atoms with Crippen LogP contribution < -0.4 is 0 Å². The van der Waals surface area contributed by atoms with Crippen molar-refractivity contribution in [3.63, 3.8) is 0 Å². The molecule has 0 radical (unpaired) electrons. The van der Waals surface area contributed by atoms with Gasteiger partial charge >= 0.3 is 0 Å². The number of amides is 2. The predicted octanol–water partition coefficient (Wildman–Crippen LogP) is 1.61. The van der Waals surface area contributed by atoms with Gasteiger partial charge in [0, 0.05) is 38.8 Å². The Morgan fingerprint density at radius 2 is 2.12 bits per heavy atom. The van der Waals surface area contributed by atoms with E-state index < -0.39 is 0 Å². The monoisotopic (exact) mass is 330 g/mol. The average molecular weight is 330 g/mol. The molecular formula is C18H26N4O2. The van der Waals surface area contributed by atoms with Crippen molar-refractivity contribution in [3.8, 4) is 0 Å². The Morgan fingerprint density at radius 1 is 1.29 bits per heavy atom. The van der Waals surface area contributed by atoms with Gasteiger partial charge in [-0.05, 0) is 44.1 Å². The number of aryl methyl sites for hydroxylation is 1. The number of hydrogen-bond acceptors (Lipinski definition) is 3. The molecule has 2 amide bonds. The first-order valence-corrected chi connectivity index (χ1v) is 9.17. The van der Waals surface area contributed by atoms with Crippen LogP contribution in [0.25, 0.3) is 0 Å². The van der Waals surface area contributed by atoms with E-state index >= 15 is 0 Å². The molecule has 0 aromatic carbocycles. The third-order valence-electron chi connectivity index (χ3n) is 5.55. The maximum absolute atomic E-state index is 12.9. The molecule has 1 saturated carbocycles. The van der Waals surface area contributed by atoms with Crippen LogP contribution in [0.2, 0.25) is 0 Å². The largest absolute Gasteiger partial charge is 0.342 e.